The summed E-state index contributed by atoms with van der Waals surface area (Å²) < 4.78 is 0. The van der Waals surface area contributed by atoms with E-state index in [2.05, 4.69) is 30.0 Å². The molecule has 0 aromatic heterocycles. The fraction of sp³-hybridized carbons (Fsp3) is 0.118. The number of allylic oxidation sites excluding steroid dienone is 1. The molecular formula is C17H15N. The lowest BCUT2D eigenvalue weighted by atomic mass is 10.00. The molecular weight excluding hydrogens is 218 g/mol. The van der Waals surface area contributed by atoms with Gasteiger partial charge in [-0.2, -0.15) is 0 Å². The monoisotopic (exact) mass is 233 g/mol. The predicted molar refractivity (Wildman–Crippen MR) is 77.3 cm³/mol. The van der Waals surface area contributed by atoms with E-state index in [0.29, 0.717) is 5.69 Å². The van der Waals surface area contributed by atoms with Crippen LogP contribution in [0.3, 0.4) is 0 Å². The summed E-state index contributed by atoms with van der Waals surface area (Å²) in [6, 6.07) is 18.0. The molecule has 0 saturated carbocycles. The Bertz CT molecular complexity index is 589. The molecule has 0 bridgehead atoms. The summed E-state index contributed by atoms with van der Waals surface area (Å²) in [6.07, 6.45) is 3.07. The molecule has 0 saturated heterocycles. The maximum absolute atomic E-state index is 7.19. The van der Waals surface area contributed by atoms with Crippen molar-refractivity contribution in [1.82, 2.24) is 0 Å². The maximum Gasteiger partial charge on any atom is 0.194 e. The summed E-state index contributed by atoms with van der Waals surface area (Å²) in [5.41, 5.74) is 4.18. The molecule has 0 heterocycles. The summed E-state index contributed by atoms with van der Waals surface area (Å²) in [5.74, 6) is 0. The van der Waals surface area contributed by atoms with Crippen molar-refractivity contribution in [2.24, 2.45) is 0 Å². The van der Waals surface area contributed by atoms with Crippen LogP contribution < -0.4 is 0 Å². The normalized spacial score (nSPS) is 11.0. The van der Waals surface area contributed by atoms with Gasteiger partial charge in [0.15, 0.2) is 5.69 Å². The average molecular weight is 233 g/mol. The van der Waals surface area contributed by atoms with Gasteiger partial charge in [-0.05, 0) is 23.1 Å². The summed E-state index contributed by atoms with van der Waals surface area (Å²) in [7, 11) is 0. The van der Waals surface area contributed by atoms with Crippen molar-refractivity contribution in [3.05, 3.63) is 77.1 Å². The van der Waals surface area contributed by atoms with Crippen LogP contribution in [-0.4, -0.2) is 0 Å². The molecule has 1 heteroatoms. The van der Waals surface area contributed by atoms with Gasteiger partial charge in [0.2, 0.25) is 0 Å². The van der Waals surface area contributed by atoms with Crippen LogP contribution in [0.15, 0.2) is 54.6 Å². The van der Waals surface area contributed by atoms with Gasteiger partial charge in [-0.15, -0.1) is 0 Å². The SMILES string of the molecule is [C-]#[N+]c1ccccc1/C=C(\CC)c1ccccc1. The van der Waals surface area contributed by atoms with E-state index in [1.54, 1.807) is 0 Å². The molecule has 0 aliphatic heterocycles. The van der Waals surface area contributed by atoms with E-state index in [1.165, 1.54) is 11.1 Å². The largest absolute Gasteiger partial charge is 0.238 e. The minimum Gasteiger partial charge on any atom is -0.238 e. The Balaban J connectivity index is 2.45. The van der Waals surface area contributed by atoms with E-state index in [-0.39, 0.29) is 0 Å². The quantitative estimate of drug-likeness (QED) is 0.507. The van der Waals surface area contributed by atoms with E-state index in [1.807, 2.05) is 42.5 Å². The van der Waals surface area contributed by atoms with Crippen LogP contribution in [0.4, 0.5) is 5.69 Å². The third kappa shape index (κ3) is 2.67. The Morgan fingerprint density at radius 3 is 2.39 bits per heavy atom. The second-order valence-corrected chi connectivity index (χ2v) is 4.06. The third-order valence-corrected chi connectivity index (χ3v) is 2.91. The number of rotatable bonds is 3. The van der Waals surface area contributed by atoms with Gasteiger partial charge in [-0.1, -0.05) is 67.6 Å². The Hall–Kier alpha value is -2.33. The van der Waals surface area contributed by atoms with Crippen molar-refractivity contribution in [1.29, 1.82) is 0 Å². The van der Waals surface area contributed by atoms with Crippen molar-refractivity contribution in [3.63, 3.8) is 0 Å². The Labute approximate surface area is 108 Å². The lowest BCUT2D eigenvalue weighted by Gasteiger charge is -2.06. The van der Waals surface area contributed by atoms with Gasteiger partial charge in [0.05, 0.1) is 6.57 Å². The molecule has 0 aliphatic carbocycles. The molecule has 0 aliphatic rings. The maximum atomic E-state index is 7.19. The van der Waals surface area contributed by atoms with Gasteiger partial charge in [0.25, 0.3) is 0 Å². The van der Waals surface area contributed by atoms with Crippen LogP contribution in [0.25, 0.3) is 16.5 Å². The molecule has 18 heavy (non-hydrogen) atoms. The molecule has 0 fully saturated rings. The topological polar surface area (TPSA) is 4.36 Å². The van der Waals surface area contributed by atoms with E-state index in [0.717, 1.165) is 12.0 Å². The van der Waals surface area contributed by atoms with Crippen LogP contribution in [0.5, 0.6) is 0 Å². The fourth-order valence-corrected chi connectivity index (χ4v) is 1.94. The molecule has 0 amide bonds. The van der Waals surface area contributed by atoms with Crippen molar-refractivity contribution in [2.45, 2.75) is 13.3 Å². The van der Waals surface area contributed by atoms with Gasteiger partial charge in [-0.3, -0.25) is 0 Å². The average Bonchev–Trinajstić information content (AvgIpc) is 2.46. The number of nitrogens with zero attached hydrogens (tertiary/aromatic N) is 1. The first-order valence-corrected chi connectivity index (χ1v) is 6.07. The molecule has 0 radical (unpaired) electrons. The number of hydrogen-bond donors (Lipinski definition) is 0. The van der Waals surface area contributed by atoms with E-state index < -0.39 is 0 Å². The zero-order chi connectivity index (χ0) is 12.8. The molecule has 2 aromatic carbocycles. The first-order chi connectivity index (χ1) is 8.85. The Morgan fingerprint density at radius 1 is 1.06 bits per heavy atom. The van der Waals surface area contributed by atoms with Crippen LogP contribution in [0.1, 0.15) is 24.5 Å². The van der Waals surface area contributed by atoms with Crippen molar-refractivity contribution < 1.29 is 0 Å². The molecule has 0 spiro atoms. The van der Waals surface area contributed by atoms with E-state index in [9.17, 15) is 0 Å². The molecule has 0 unspecified atom stereocenters. The minimum absolute atomic E-state index is 0.708. The molecule has 1 nitrogen and oxygen atoms in total. The fourth-order valence-electron chi connectivity index (χ4n) is 1.94. The highest BCUT2D eigenvalue weighted by molar-refractivity contribution is 5.85. The van der Waals surface area contributed by atoms with Gasteiger partial charge in [0, 0.05) is 0 Å². The summed E-state index contributed by atoms with van der Waals surface area (Å²) in [5, 5.41) is 0. The van der Waals surface area contributed by atoms with Gasteiger partial charge in [0.1, 0.15) is 0 Å². The third-order valence-electron chi connectivity index (χ3n) is 2.91. The lowest BCUT2D eigenvalue weighted by Crippen LogP contribution is -1.83. The van der Waals surface area contributed by atoms with Crippen molar-refractivity contribution in [2.75, 3.05) is 0 Å². The van der Waals surface area contributed by atoms with Gasteiger partial charge in [-0.25, -0.2) is 4.85 Å². The number of hydrogen-bond acceptors (Lipinski definition) is 0. The van der Waals surface area contributed by atoms with Crippen molar-refractivity contribution in [3.8, 4) is 0 Å². The first-order valence-electron chi connectivity index (χ1n) is 6.07. The molecule has 0 N–H and O–H groups in total. The second kappa shape index (κ2) is 5.84. The first kappa shape index (κ1) is 12.1. The summed E-state index contributed by atoms with van der Waals surface area (Å²) in [6.45, 7) is 9.32. The Kier molecular flexibility index (Phi) is 3.94. The van der Waals surface area contributed by atoms with Gasteiger partial charge < -0.3 is 0 Å². The highest BCUT2D eigenvalue weighted by Crippen LogP contribution is 2.26. The number of benzene rings is 2. The highest BCUT2D eigenvalue weighted by atomic mass is 14.6. The molecule has 88 valence electrons. The predicted octanol–water partition coefficient (Wildman–Crippen LogP) is 5.19. The minimum atomic E-state index is 0.708. The standard InChI is InChI=1S/C17H15N/c1-3-14(15-9-5-4-6-10-15)13-16-11-7-8-12-17(16)18-2/h4-13H,3H2,1H3/b14-13+. The molecule has 2 aromatic rings. The summed E-state index contributed by atoms with van der Waals surface area (Å²) in [4.78, 5) is 3.56. The van der Waals surface area contributed by atoms with E-state index in [4.69, 9.17) is 6.57 Å². The zero-order valence-corrected chi connectivity index (χ0v) is 10.4. The number of para-hydroxylation sites is 1. The van der Waals surface area contributed by atoms with Crippen LogP contribution in [-0.2, 0) is 0 Å². The van der Waals surface area contributed by atoms with Crippen LogP contribution >= 0.6 is 0 Å². The van der Waals surface area contributed by atoms with Gasteiger partial charge >= 0.3 is 0 Å². The summed E-state index contributed by atoms with van der Waals surface area (Å²) >= 11 is 0. The molecule has 0 atom stereocenters. The van der Waals surface area contributed by atoms with Crippen molar-refractivity contribution >= 4 is 17.3 Å². The molecule has 2 rings (SSSR count). The smallest absolute Gasteiger partial charge is 0.194 e. The Morgan fingerprint density at radius 2 is 1.72 bits per heavy atom. The highest BCUT2D eigenvalue weighted by Gasteiger charge is 2.02. The zero-order valence-electron chi connectivity index (χ0n) is 10.4. The second-order valence-electron chi connectivity index (χ2n) is 4.06. The lowest BCUT2D eigenvalue weighted by molar-refractivity contribution is 1.25. The van der Waals surface area contributed by atoms with Crippen LogP contribution in [0, 0.1) is 6.57 Å². The van der Waals surface area contributed by atoms with E-state index >= 15 is 0 Å². The van der Waals surface area contributed by atoms with Crippen LogP contribution in [0.2, 0.25) is 0 Å².